The van der Waals surface area contributed by atoms with Gasteiger partial charge in [0.25, 0.3) is 0 Å². The Morgan fingerprint density at radius 3 is 2.61 bits per heavy atom. The number of hydrogen-bond acceptors (Lipinski definition) is 1. The minimum Gasteiger partial charge on any atom is -0.356 e. The number of aromatic amines is 1. The molecule has 1 aliphatic heterocycles. The lowest BCUT2D eigenvalue weighted by atomic mass is 9.92. The fourth-order valence-corrected chi connectivity index (χ4v) is 4.78. The molecule has 2 amide bonds. The Bertz CT molecular complexity index is 1000. The normalized spacial score (nSPS) is 19.8. The van der Waals surface area contributed by atoms with Crippen LogP contribution in [0.1, 0.15) is 48.5 Å². The lowest BCUT2D eigenvalue weighted by molar-refractivity contribution is 0.175. The Kier molecular flexibility index (Phi) is 4.30. The Morgan fingerprint density at radius 2 is 1.82 bits per heavy atom. The molecule has 2 N–H and O–H groups in total. The molecule has 1 fully saturated rings. The molecular weight excluding hydrogens is 353 g/mol. The average molecular weight is 377 g/mol. The second kappa shape index (κ2) is 6.97. The molecule has 0 spiro atoms. The van der Waals surface area contributed by atoms with Crippen molar-refractivity contribution in [3.63, 3.8) is 0 Å². The van der Waals surface area contributed by atoms with Crippen LogP contribution in [0.4, 0.5) is 9.18 Å². The number of carbonyl (C=O) groups is 1. The summed E-state index contributed by atoms with van der Waals surface area (Å²) in [4.78, 5) is 18.6. The SMILES string of the molecule is O=C(NC1CCCC1)N1CCc2c([nH]c3ccccc23)C1c1ccc(F)cc1. The fourth-order valence-electron chi connectivity index (χ4n) is 4.78. The van der Waals surface area contributed by atoms with Crippen LogP contribution >= 0.6 is 0 Å². The molecule has 5 rings (SSSR count). The Morgan fingerprint density at radius 1 is 1.07 bits per heavy atom. The maximum absolute atomic E-state index is 13.5. The van der Waals surface area contributed by atoms with Gasteiger partial charge < -0.3 is 15.2 Å². The minimum atomic E-state index is -0.265. The van der Waals surface area contributed by atoms with Crippen molar-refractivity contribution in [1.82, 2.24) is 15.2 Å². The molecule has 3 aromatic rings. The van der Waals surface area contributed by atoms with Crippen molar-refractivity contribution in [1.29, 1.82) is 0 Å². The molecule has 2 aliphatic rings. The Balaban J connectivity index is 1.56. The predicted octanol–water partition coefficient (Wildman–Crippen LogP) is 4.91. The van der Waals surface area contributed by atoms with Gasteiger partial charge in [-0.3, -0.25) is 0 Å². The average Bonchev–Trinajstić information content (AvgIpc) is 3.35. The lowest BCUT2D eigenvalue weighted by Gasteiger charge is -2.37. The smallest absolute Gasteiger partial charge is 0.318 e. The number of amides is 2. The summed E-state index contributed by atoms with van der Waals surface area (Å²) >= 11 is 0. The van der Waals surface area contributed by atoms with Gasteiger partial charge in [-0.1, -0.05) is 43.2 Å². The number of aromatic nitrogens is 1. The van der Waals surface area contributed by atoms with E-state index in [4.69, 9.17) is 0 Å². The van der Waals surface area contributed by atoms with Gasteiger partial charge in [0.2, 0.25) is 0 Å². The summed E-state index contributed by atoms with van der Waals surface area (Å²) in [5.41, 5.74) is 4.31. The predicted molar refractivity (Wildman–Crippen MR) is 108 cm³/mol. The number of nitrogens with zero attached hydrogens (tertiary/aromatic N) is 1. The summed E-state index contributed by atoms with van der Waals surface area (Å²) in [7, 11) is 0. The Labute approximate surface area is 163 Å². The lowest BCUT2D eigenvalue weighted by Crippen LogP contribution is -2.48. The molecule has 1 unspecified atom stereocenters. The van der Waals surface area contributed by atoms with E-state index in [1.54, 1.807) is 12.1 Å². The van der Waals surface area contributed by atoms with Crippen LogP contribution in [-0.2, 0) is 6.42 Å². The first kappa shape index (κ1) is 17.3. The first-order chi connectivity index (χ1) is 13.7. The molecule has 28 heavy (non-hydrogen) atoms. The standard InChI is InChI=1S/C23H24FN3O/c24-16-11-9-15(10-12-16)22-21-19(18-7-3-4-8-20(18)26-21)13-14-27(22)23(28)25-17-5-1-2-6-17/h3-4,7-12,17,22,26H,1-2,5-6,13-14H2,(H,25,28). The van der Waals surface area contributed by atoms with E-state index in [1.165, 1.54) is 35.9 Å². The maximum atomic E-state index is 13.5. The van der Waals surface area contributed by atoms with Crippen molar-refractivity contribution in [3.8, 4) is 0 Å². The van der Waals surface area contributed by atoms with Gasteiger partial charge in [0.05, 0.1) is 6.04 Å². The molecule has 4 nitrogen and oxygen atoms in total. The van der Waals surface area contributed by atoms with Crippen LogP contribution in [0, 0.1) is 5.82 Å². The summed E-state index contributed by atoms with van der Waals surface area (Å²) in [5, 5.41) is 4.43. The maximum Gasteiger partial charge on any atom is 0.318 e. The van der Waals surface area contributed by atoms with E-state index in [-0.39, 0.29) is 23.9 Å². The van der Waals surface area contributed by atoms with E-state index in [9.17, 15) is 9.18 Å². The Hall–Kier alpha value is -2.82. The largest absolute Gasteiger partial charge is 0.356 e. The third-order valence-corrected chi connectivity index (χ3v) is 6.16. The third-order valence-electron chi connectivity index (χ3n) is 6.16. The number of rotatable bonds is 2. The summed E-state index contributed by atoms with van der Waals surface area (Å²) in [6.45, 7) is 0.648. The van der Waals surface area contributed by atoms with Crippen molar-refractivity contribution in [3.05, 3.63) is 71.2 Å². The minimum absolute atomic E-state index is 0.0227. The van der Waals surface area contributed by atoms with Crippen LogP contribution in [0.5, 0.6) is 0 Å². The highest BCUT2D eigenvalue weighted by Gasteiger charge is 2.35. The molecule has 2 aromatic carbocycles. The van der Waals surface area contributed by atoms with E-state index in [1.807, 2.05) is 17.0 Å². The number of halogens is 1. The molecule has 1 aromatic heterocycles. The number of benzene rings is 2. The van der Waals surface area contributed by atoms with Crippen molar-refractivity contribution >= 4 is 16.9 Å². The number of urea groups is 1. The van der Waals surface area contributed by atoms with Crippen molar-refractivity contribution < 1.29 is 9.18 Å². The van der Waals surface area contributed by atoms with E-state index < -0.39 is 0 Å². The van der Waals surface area contributed by atoms with Gasteiger partial charge in [-0.15, -0.1) is 0 Å². The molecule has 1 atom stereocenters. The second-order valence-electron chi connectivity index (χ2n) is 7.89. The van der Waals surface area contributed by atoms with Crippen molar-refractivity contribution in [2.75, 3.05) is 6.54 Å². The number of carbonyl (C=O) groups excluding carboxylic acids is 1. The van der Waals surface area contributed by atoms with Crippen LogP contribution in [0.25, 0.3) is 10.9 Å². The molecule has 2 heterocycles. The van der Waals surface area contributed by atoms with Gasteiger partial charge in [-0.2, -0.15) is 0 Å². The van der Waals surface area contributed by atoms with E-state index in [0.717, 1.165) is 36.0 Å². The molecule has 1 aliphatic carbocycles. The molecule has 0 saturated heterocycles. The third kappa shape index (κ3) is 2.95. The highest BCUT2D eigenvalue weighted by atomic mass is 19.1. The van der Waals surface area contributed by atoms with Crippen LogP contribution in [0.2, 0.25) is 0 Å². The van der Waals surface area contributed by atoms with E-state index in [0.29, 0.717) is 6.54 Å². The molecule has 0 radical (unpaired) electrons. The van der Waals surface area contributed by atoms with Crippen LogP contribution in [0.3, 0.4) is 0 Å². The topological polar surface area (TPSA) is 48.1 Å². The molecule has 144 valence electrons. The van der Waals surface area contributed by atoms with E-state index in [2.05, 4.69) is 22.4 Å². The highest BCUT2D eigenvalue weighted by Crippen LogP contribution is 2.38. The number of H-pyrrole nitrogens is 1. The van der Waals surface area contributed by atoms with Gasteiger partial charge in [0.1, 0.15) is 5.82 Å². The zero-order chi connectivity index (χ0) is 19.1. The number of hydrogen-bond donors (Lipinski definition) is 2. The van der Waals surface area contributed by atoms with Crippen molar-refractivity contribution in [2.24, 2.45) is 0 Å². The van der Waals surface area contributed by atoms with Gasteiger partial charge >= 0.3 is 6.03 Å². The summed E-state index contributed by atoms with van der Waals surface area (Å²) in [5.74, 6) is -0.265. The van der Waals surface area contributed by atoms with Crippen LogP contribution in [-0.4, -0.2) is 28.5 Å². The molecule has 1 saturated carbocycles. The van der Waals surface area contributed by atoms with Gasteiger partial charge in [-0.05, 0) is 48.6 Å². The number of nitrogens with one attached hydrogen (secondary N) is 2. The van der Waals surface area contributed by atoms with Gasteiger partial charge in [-0.25, -0.2) is 9.18 Å². The molecule has 0 bridgehead atoms. The summed E-state index contributed by atoms with van der Waals surface area (Å²) in [6.07, 6.45) is 5.28. The van der Waals surface area contributed by atoms with Crippen LogP contribution < -0.4 is 5.32 Å². The summed E-state index contributed by atoms with van der Waals surface area (Å²) < 4.78 is 13.5. The second-order valence-corrected chi connectivity index (χ2v) is 7.89. The molecule has 5 heteroatoms. The first-order valence-electron chi connectivity index (χ1n) is 10.1. The van der Waals surface area contributed by atoms with Gasteiger partial charge in [0, 0.05) is 29.2 Å². The quantitative estimate of drug-likeness (QED) is 0.655. The zero-order valence-corrected chi connectivity index (χ0v) is 15.7. The van der Waals surface area contributed by atoms with Crippen LogP contribution in [0.15, 0.2) is 48.5 Å². The monoisotopic (exact) mass is 377 g/mol. The van der Waals surface area contributed by atoms with Gasteiger partial charge in [0.15, 0.2) is 0 Å². The highest BCUT2D eigenvalue weighted by molar-refractivity contribution is 5.86. The first-order valence-corrected chi connectivity index (χ1v) is 10.1. The molecular formula is C23H24FN3O. The van der Waals surface area contributed by atoms with E-state index >= 15 is 0 Å². The fraction of sp³-hybridized carbons (Fsp3) is 0.348. The zero-order valence-electron chi connectivity index (χ0n) is 15.7. The number of para-hydroxylation sites is 1. The summed E-state index contributed by atoms with van der Waals surface area (Å²) in [6, 6.07) is 14.8. The number of fused-ring (bicyclic) bond motifs is 3. The van der Waals surface area contributed by atoms with Crippen molar-refractivity contribution in [2.45, 2.75) is 44.2 Å².